The minimum Gasteiger partial charge on any atom is -0.385 e. The van der Waals surface area contributed by atoms with Crippen LogP contribution in [0.1, 0.15) is 90.9 Å². The van der Waals surface area contributed by atoms with Crippen molar-refractivity contribution in [2.24, 2.45) is 16.8 Å². The predicted molar refractivity (Wildman–Crippen MR) is 152 cm³/mol. The maximum Gasteiger partial charge on any atom is 0.272 e. The lowest BCUT2D eigenvalue weighted by Crippen LogP contribution is -2.47. The Morgan fingerprint density at radius 2 is 1.84 bits per heavy atom. The van der Waals surface area contributed by atoms with Crippen LogP contribution in [0, 0.1) is 5.92 Å². The second kappa shape index (κ2) is 13.8. The number of nitrogens with two attached hydrogens (primary N) is 1. The summed E-state index contributed by atoms with van der Waals surface area (Å²) in [6.45, 7) is 8.17. The predicted octanol–water partition coefficient (Wildman–Crippen LogP) is 5.21. The Labute approximate surface area is 224 Å². The number of nitrogens with zero attached hydrogens (tertiary/aromatic N) is 4. The molecule has 7 nitrogen and oxygen atoms in total. The van der Waals surface area contributed by atoms with E-state index in [0.717, 1.165) is 82.9 Å². The quantitative estimate of drug-likeness (QED) is 0.241. The normalized spacial score (nSPS) is 24.8. The lowest BCUT2D eigenvalue weighted by atomic mass is 10.1. The van der Waals surface area contributed by atoms with Crippen LogP contribution in [0.5, 0.6) is 0 Å². The van der Waals surface area contributed by atoms with E-state index < -0.39 is 0 Å². The topological polar surface area (TPSA) is 77.2 Å². The maximum atomic E-state index is 13.6. The Kier molecular flexibility index (Phi) is 10.3. The van der Waals surface area contributed by atoms with E-state index in [0.29, 0.717) is 11.5 Å². The first kappa shape index (κ1) is 27.5. The van der Waals surface area contributed by atoms with Gasteiger partial charge in [-0.25, -0.2) is 15.8 Å². The highest BCUT2D eigenvalue weighted by molar-refractivity contribution is 6.43. The van der Waals surface area contributed by atoms with Gasteiger partial charge in [0, 0.05) is 44.0 Å². The standard InChI is InChI=1S/C30H48N6O/c1-3-13-26(32-23-25-17-18-25)15-8-4-9-16-28-33-27(30(37)35-21-12-5-7-14-24(35)2)22-29(36(28)31)34-19-10-6-11-20-34/h8,13,15-16,22,24-25,32H,3-7,9-12,14,17-21,23,31H2,1-2H3/b15-8-,26-13+,28-16-. The molecule has 1 aliphatic carbocycles. The van der Waals surface area contributed by atoms with Crippen molar-refractivity contribution in [3.8, 4) is 0 Å². The number of hydrazine groups is 1. The third-order valence-corrected chi connectivity index (χ3v) is 7.88. The van der Waals surface area contributed by atoms with Gasteiger partial charge in [0.05, 0.1) is 0 Å². The number of likely N-dealkylation sites (tertiary alicyclic amines) is 2. The number of amides is 1. The number of unbranched alkanes of at least 4 members (excludes halogenated alkanes) is 1. The number of rotatable bonds is 10. The second-order valence-corrected chi connectivity index (χ2v) is 11.0. The van der Waals surface area contributed by atoms with Crippen LogP contribution in [-0.4, -0.2) is 58.6 Å². The molecule has 1 amide bonds. The second-order valence-electron chi connectivity index (χ2n) is 11.0. The van der Waals surface area contributed by atoms with Crippen LogP contribution >= 0.6 is 0 Å². The Bertz CT molecular complexity index is 922. The molecule has 3 aliphatic heterocycles. The van der Waals surface area contributed by atoms with E-state index in [2.05, 4.69) is 48.4 Å². The van der Waals surface area contributed by atoms with Gasteiger partial charge in [-0.1, -0.05) is 31.9 Å². The average molecular weight is 509 g/mol. The van der Waals surface area contributed by atoms with E-state index in [9.17, 15) is 4.79 Å². The molecule has 204 valence electrons. The van der Waals surface area contributed by atoms with E-state index in [4.69, 9.17) is 10.8 Å². The molecule has 1 unspecified atom stereocenters. The summed E-state index contributed by atoms with van der Waals surface area (Å²) in [6, 6.07) is 0.247. The molecule has 1 saturated carbocycles. The number of carbonyl (C=O) groups excluding carboxylic acids is 1. The first-order valence-corrected chi connectivity index (χ1v) is 14.8. The first-order valence-electron chi connectivity index (χ1n) is 14.8. The van der Waals surface area contributed by atoms with Crippen molar-refractivity contribution in [1.29, 1.82) is 0 Å². The lowest BCUT2D eigenvalue weighted by molar-refractivity contribution is -0.125. The van der Waals surface area contributed by atoms with E-state index >= 15 is 0 Å². The molecule has 37 heavy (non-hydrogen) atoms. The molecule has 3 N–H and O–H groups in total. The van der Waals surface area contributed by atoms with Gasteiger partial charge in [0.15, 0.2) is 0 Å². The summed E-state index contributed by atoms with van der Waals surface area (Å²) in [6.07, 6.45) is 24.2. The smallest absolute Gasteiger partial charge is 0.272 e. The highest BCUT2D eigenvalue weighted by Gasteiger charge is 2.30. The van der Waals surface area contributed by atoms with Crippen molar-refractivity contribution in [2.45, 2.75) is 96.9 Å². The SMILES string of the molecule is CC/C=C(\C=C/CC/C=C1/N=C(C(=O)N2CCCCCC2C)C=C(N2CCCCC2)N1N)NCC1CC1. The summed E-state index contributed by atoms with van der Waals surface area (Å²) in [5.74, 6) is 9.09. The Morgan fingerprint density at radius 3 is 2.59 bits per heavy atom. The van der Waals surface area contributed by atoms with E-state index in [1.165, 1.54) is 37.8 Å². The molecule has 0 bridgehead atoms. The van der Waals surface area contributed by atoms with Crippen molar-refractivity contribution in [1.82, 2.24) is 20.1 Å². The van der Waals surface area contributed by atoms with Gasteiger partial charge in [-0.3, -0.25) is 4.79 Å². The van der Waals surface area contributed by atoms with E-state index in [1.807, 2.05) is 11.0 Å². The molecule has 4 aliphatic rings. The van der Waals surface area contributed by atoms with Crippen LogP contribution in [0.3, 0.4) is 0 Å². The monoisotopic (exact) mass is 508 g/mol. The van der Waals surface area contributed by atoms with Crippen LogP contribution < -0.4 is 11.2 Å². The zero-order chi connectivity index (χ0) is 26.0. The molecule has 0 radical (unpaired) electrons. The van der Waals surface area contributed by atoms with E-state index in [1.54, 1.807) is 5.01 Å². The summed E-state index contributed by atoms with van der Waals surface area (Å²) >= 11 is 0. The zero-order valence-corrected chi connectivity index (χ0v) is 23.1. The van der Waals surface area contributed by atoms with Gasteiger partial charge in [-0.15, -0.1) is 0 Å². The molecular weight excluding hydrogens is 460 g/mol. The third-order valence-electron chi connectivity index (χ3n) is 7.88. The van der Waals surface area contributed by atoms with Crippen molar-refractivity contribution in [2.75, 3.05) is 26.2 Å². The fraction of sp³-hybridized carbons (Fsp3) is 0.667. The Balaban J connectivity index is 1.46. The van der Waals surface area contributed by atoms with Gasteiger partial charge < -0.3 is 15.1 Å². The molecule has 0 spiro atoms. The average Bonchev–Trinajstić information content (AvgIpc) is 3.76. The van der Waals surface area contributed by atoms with Gasteiger partial charge in [0.1, 0.15) is 17.4 Å². The minimum atomic E-state index is 0.0406. The number of aliphatic imine (C=N–C) groups is 1. The fourth-order valence-electron chi connectivity index (χ4n) is 5.38. The van der Waals surface area contributed by atoms with Crippen LogP contribution in [0.2, 0.25) is 0 Å². The maximum absolute atomic E-state index is 13.6. The molecule has 0 aromatic carbocycles. The highest BCUT2D eigenvalue weighted by Crippen LogP contribution is 2.28. The number of hydrogen-bond acceptors (Lipinski definition) is 6. The van der Waals surface area contributed by atoms with Crippen LogP contribution in [0.15, 0.2) is 52.7 Å². The van der Waals surface area contributed by atoms with E-state index in [-0.39, 0.29) is 11.9 Å². The number of piperidine rings is 1. The van der Waals surface area contributed by atoms with Crippen molar-refractivity contribution in [3.05, 3.63) is 47.7 Å². The molecular formula is C30H48N6O. The van der Waals surface area contributed by atoms with Crippen molar-refractivity contribution >= 4 is 11.6 Å². The van der Waals surface area contributed by atoms with Crippen LogP contribution in [0.25, 0.3) is 0 Å². The summed E-state index contributed by atoms with van der Waals surface area (Å²) < 4.78 is 0. The molecule has 3 fully saturated rings. The molecule has 2 saturated heterocycles. The summed E-state index contributed by atoms with van der Waals surface area (Å²) in [5, 5.41) is 5.27. The Morgan fingerprint density at radius 1 is 1.08 bits per heavy atom. The van der Waals surface area contributed by atoms with Crippen LogP contribution in [-0.2, 0) is 4.79 Å². The largest absolute Gasteiger partial charge is 0.385 e. The molecule has 0 aromatic rings. The zero-order valence-electron chi connectivity index (χ0n) is 23.1. The number of nitrogens with one attached hydrogen (secondary N) is 1. The first-order chi connectivity index (χ1) is 18.1. The van der Waals surface area contributed by atoms with Gasteiger partial charge in [-0.2, -0.15) is 0 Å². The third kappa shape index (κ3) is 7.97. The molecule has 3 heterocycles. The summed E-state index contributed by atoms with van der Waals surface area (Å²) in [5.41, 5.74) is 1.74. The summed E-state index contributed by atoms with van der Waals surface area (Å²) in [7, 11) is 0. The number of carbonyl (C=O) groups is 1. The highest BCUT2D eigenvalue weighted by atomic mass is 16.2. The lowest BCUT2D eigenvalue weighted by Gasteiger charge is -2.38. The van der Waals surface area contributed by atoms with Crippen LogP contribution in [0.4, 0.5) is 0 Å². The molecule has 4 rings (SSSR count). The van der Waals surface area contributed by atoms with Crippen molar-refractivity contribution < 1.29 is 4.79 Å². The van der Waals surface area contributed by atoms with Gasteiger partial charge in [0.25, 0.3) is 5.91 Å². The number of allylic oxidation sites excluding steroid dienone is 4. The minimum absolute atomic E-state index is 0.0406. The van der Waals surface area contributed by atoms with Gasteiger partial charge >= 0.3 is 0 Å². The van der Waals surface area contributed by atoms with Crippen molar-refractivity contribution in [3.63, 3.8) is 0 Å². The fourth-order valence-corrected chi connectivity index (χ4v) is 5.38. The molecule has 1 atom stereocenters. The summed E-state index contributed by atoms with van der Waals surface area (Å²) in [4.78, 5) is 22.8. The van der Waals surface area contributed by atoms with Gasteiger partial charge in [0.2, 0.25) is 0 Å². The molecule has 0 aromatic heterocycles. The Hall–Kier alpha value is -2.54. The molecule has 7 heteroatoms. The van der Waals surface area contributed by atoms with Gasteiger partial charge in [-0.05, 0) is 89.2 Å². The number of hydrogen-bond donors (Lipinski definition) is 2.